The summed E-state index contributed by atoms with van der Waals surface area (Å²) in [6.45, 7) is 7.55. The van der Waals surface area contributed by atoms with Gasteiger partial charge in [0.05, 0.1) is 0 Å². The van der Waals surface area contributed by atoms with Gasteiger partial charge in [-0.3, -0.25) is 0 Å². The molecule has 1 fully saturated rings. The molecule has 0 saturated carbocycles. The average Bonchev–Trinajstić information content (AvgIpc) is 2.05. The summed E-state index contributed by atoms with van der Waals surface area (Å²) in [4.78, 5) is 4.22. The van der Waals surface area contributed by atoms with Crippen molar-refractivity contribution in [1.82, 2.24) is 16.0 Å². The molecular weight excluding hydrogens is 190 g/mol. The molecule has 0 aromatic rings. The second kappa shape index (κ2) is 5.29. The van der Waals surface area contributed by atoms with E-state index in [4.69, 9.17) is 24.8 Å². The molecule has 0 aromatic heterocycles. The lowest BCUT2D eigenvalue weighted by Gasteiger charge is -2.37. The third kappa shape index (κ3) is 2.92. The van der Waals surface area contributed by atoms with Crippen LogP contribution in [0.15, 0.2) is 12.8 Å². The van der Waals surface area contributed by atoms with Crippen LogP contribution < -0.4 is 6.15 Å². The van der Waals surface area contributed by atoms with Crippen LogP contribution in [0.3, 0.4) is 0 Å². The van der Waals surface area contributed by atoms with E-state index in [1.54, 1.807) is 0 Å². The van der Waals surface area contributed by atoms with Gasteiger partial charge in [0.25, 0.3) is 0 Å². The number of nitrogens with zero attached hydrogens (tertiary/aromatic N) is 2. The predicted octanol–water partition coefficient (Wildman–Crippen LogP) is 0.956. The molecule has 1 aliphatic rings. The Kier molecular flexibility index (Phi) is 5.12. The molecular formula is C7H15N3S2. The lowest BCUT2D eigenvalue weighted by molar-refractivity contribution is 0.243. The van der Waals surface area contributed by atoms with Crippen LogP contribution in [0.5, 0.6) is 0 Å². The molecule has 0 radical (unpaired) electrons. The molecule has 3 nitrogen and oxygen atoms in total. The van der Waals surface area contributed by atoms with Crippen LogP contribution in [0.4, 0.5) is 0 Å². The summed E-state index contributed by atoms with van der Waals surface area (Å²) in [6, 6.07) is 0. The van der Waals surface area contributed by atoms with Crippen molar-refractivity contribution in [3.05, 3.63) is 12.8 Å². The Hall–Kier alpha value is -0.390. The summed E-state index contributed by atoms with van der Waals surface area (Å²) < 4.78 is 0.591. The second-order valence-corrected chi connectivity index (χ2v) is 3.50. The highest BCUT2D eigenvalue weighted by Crippen LogP contribution is 2.01. The van der Waals surface area contributed by atoms with Gasteiger partial charge in [0.2, 0.25) is 0 Å². The van der Waals surface area contributed by atoms with Gasteiger partial charge in [-0.1, -0.05) is 10.9 Å². The van der Waals surface area contributed by atoms with Crippen molar-refractivity contribution in [2.45, 2.75) is 0 Å². The third-order valence-corrected chi connectivity index (χ3v) is 2.35. The number of hydrogen-bond donors (Lipinski definition) is 1. The zero-order valence-corrected chi connectivity index (χ0v) is 8.96. The number of quaternary nitrogens is 1. The maximum atomic E-state index is 4.89. The lowest BCUT2D eigenvalue weighted by atomic mass is 10.3. The first-order valence-corrected chi connectivity index (χ1v) is 4.38. The average molecular weight is 205 g/mol. The summed E-state index contributed by atoms with van der Waals surface area (Å²) in [5.41, 5.74) is 0. The Bertz CT molecular complexity index is 164. The van der Waals surface area contributed by atoms with E-state index in [9.17, 15) is 0 Å². The fraction of sp³-hybridized carbons (Fsp3) is 0.571. The molecule has 1 saturated heterocycles. The van der Waals surface area contributed by atoms with Crippen molar-refractivity contribution in [1.29, 1.82) is 0 Å². The Morgan fingerprint density at radius 1 is 1.33 bits per heavy atom. The summed E-state index contributed by atoms with van der Waals surface area (Å²) in [5, 5.41) is 0. The highest BCUT2D eigenvalue weighted by atomic mass is 32.1. The van der Waals surface area contributed by atoms with Crippen molar-refractivity contribution in [3.8, 4) is 0 Å². The Balaban J connectivity index is 0.00000121. The molecule has 1 heterocycles. The molecule has 0 amide bonds. The Morgan fingerprint density at radius 2 is 1.83 bits per heavy atom. The van der Waals surface area contributed by atoms with E-state index in [1.165, 1.54) is 0 Å². The predicted molar refractivity (Wildman–Crippen MR) is 59.3 cm³/mol. The van der Waals surface area contributed by atoms with Gasteiger partial charge >= 0.3 is 0 Å². The quantitative estimate of drug-likeness (QED) is 0.511. The first-order valence-electron chi connectivity index (χ1n) is 3.56. The van der Waals surface area contributed by atoms with E-state index >= 15 is 0 Å². The normalized spacial score (nSPS) is 16.7. The van der Waals surface area contributed by atoms with Crippen LogP contribution in [0.1, 0.15) is 0 Å². The SMILES string of the molecule is C=CN1CCN(C(=S)[S-])CC1.[NH4+]. The molecule has 5 heteroatoms. The minimum Gasteiger partial charge on any atom is -0.411 e. The smallest absolute Gasteiger partial charge is 0.0348 e. The minimum absolute atomic E-state index is 0. The van der Waals surface area contributed by atoms with Gasteiger partial charge in [-0.05, 0) is 6.20 Å². The molecule has 0 bridgehead atoms. The second-order valence-electron chi connectivity index (χ2n) is 2.47. The van der Waals surface area contributed by atoms with E-state index in [-0.39, 0.29) is 6.15 Å². The molecule has 0 unspecified atom stereocenters. The zero-order chi connectivity index (χ0) is 8.27. The van der Waals surface area contributed by atoms with Crippen LogP contribution in [0.25, 0.3) is 0 Å². The molecule has 4 N–H and O–H groups in total. The molecule has 12 heavy (non-hydrogen) atoms. The van der Waals surface area contributed by atoms with Crippen LogP contribution in [-0.4, -0.2) is 40.3 Å². The van der Waals surface area contributed by atoms with Crippen molar-refractivity contribution >= 4 is 29.2 Å². The number of rotatable bonds is 1. The van der Waals surface area contributed by atoms with Gasteiger partial charge in [-0.25, -0.2) is 0 Å². The summed E-state index contributed by atoms with van der Waals surface area (Å²) in [6.07, 6.45) is 1.86. The fourth-order valence-corrected chi connectivity index (χ4v) is 1.45. The van der Waals surface area contributed by atoms with E-state index < -0.39 is 0 Å². The maximum Gasteiger partial charge on any atom is 0.0348 e. The molecule has 70 valence electrons. The largest absolute Gasteiger partial charge is 0.411 e. The topological polar surface area (TPSA) is 43.0 Å². The van der Waals surface area contributed by atoms with E-state index in [1.807, 2.05) is 11.1 Å². The van der Waals surface area contributed by atoms with Gasteiger partial charge in [-0.15, -0.1) is 0 Å². The Labute approximate surface area is 84.4 Å². The summed E-state index contributed by atoms with van der Waals surface area (Å²) in [5.74, 6) is 0. The van der Waals surface area contributed by atoms with E-state index in [0.717, 1.165) is 26.2 Å². The molecule has 0 atom stereocenters. The standard InChI is InChI=1S/C7H12N2S2.H3N/c1-2-8-3-5-9(6-4-8)7(10)11;/h2H,1,3-6H2,(H,10,11);1H3. The van der Waals surface area contributed by atoms with Gasteiger partial charge < -0.3 is 40.8 Å². The van der Waals surface area contributed by atoms with Crippen LogP contribution in [-0.2, 0) is 12.6 Å². The van der Waals surface area contributed by atoms with Crippen molar-refractivity contribution < 1.29 is 0 Å². The first-order chi connectivity index (χ1) is 5.24. The number of piperazine rings is 1. The van der Waals surface area contributed by atoms with E-state index in [0.29, 0.717) is 4.32 Å². The van der Waals surface area contributed by atoms with Crippen molar-refractivity contribution in [3.63, 3.8) is 0 Å². The minimum atomic E-state index is 0. The molecule has 1 aliphatic heterocycles. The zero-order valence-electron chi connectivity index (χ0n) is 7.32. The van der Waals surface area contributed by atoms with Gasteiger partial charge in [0.15, 0.2) is 0 Å². The summed E-state index contributed by atoms with van der Waals surface area (Å²) in [7, 11) is 0. The van der Waals surface area contributed by atoms with Crippen molar-refractivity contribution in [2.75, 3.05) is 26.2 Å². The Morgan fingerprint density at radius 3 is 2.17 bits per heavy atom. The third-order valence-electron chi connectivity index (χ3n) is 1.83. The highest BCUT2D eigenvalue weighted by Gasteiger charge is 2.10. The molecule has 1 rings (SSSR count). The van der Waals surface area contributed by atoms with Gasteiger partial charge in [-0.2, -0.15) is 0 Å². The lowest BCUT2D eigenvalue weighted by Crippen LogP contribution is -2.45. The van der Waals surface area contributed by atoms with Gasteiger partial charge in [0, 0.05) is 26.2 Å². The van der Waals surface area contributed by atoms with Gasteiger partial charge in [0.1, 0.15) is 0 Å². The fourth-order valence-electron chi connectivity index (χ4n) is 1.09. The maximum absolute atomic E-state index is 4.89. The number of hydrogen-bond acceptors (Lipinski definition) is 3. The number of thiocarbonyl (C=S) groups is 1. The molecule has 0 spiro atoms. The van der Waals surface area contributed by atoms with Crippen LogP contribution in [0, 0.1) is 0 Å². The summed E-state index contributed by atoms with van der Waals surface area (Å²) >= 11 is 9.77. The highest BCUT2D eigenvalue weighted by molar-refractivity contribution is 8.00. The van der Waals surface area contributed by atoms with Crippen LogP contribution >= 0.6 is 12.2 Å². The van der Waals surface area contributed by atoms with Crippen molar-refractivity contribution in [2.24, 2.45) is 0 Å². The van der Waals surface area contributed by atoms with E-state index in [2.05, 4.69) is 11.5 Å². The first kappa shape index (κ1) is 11.6. The monoisotopic (exact) mass is 205 g/mol. The van der Waals surface area contributed by atoms with Crippen LogP contribution in [0.2, 0.25) is 0 Å². The molecule has 0 aliphatic carbocycles. The molecule has 0 aromatic carbocycles.